The van der Waals surface area contributed by atoms with E-state index in [-0.39, 0.29) is 6.54 Å². The first-order valence-corrected chi connectivity index (χ1v) is 10.7. The number of aromatic nitrogens is 4. The van der Waals surface area contributed by atoms with Crippen molar-refractivity contribution in [3.63, 3.8) is 0 Å². The van der Waals surface area contributed by atoms with Gasteiger partial charge in [-0.25, -0.2) is 9.78 Å². The van der Waals surface area contributed by atoms with Crippen molar-refractivity contribution in [1.82, 2.24) is 28.5 Å². The van der Waals surface area contributed by atoms with Crippen LogP contribution in [0.1, 0.15) is 5.56 Å². The lowest BCUT2D eigenvalue weighted by Crippen LogP contribution is -2.48. The Bertz CT molecular complexity index is 1190. The van der Waals surface area contributed by atoms with Crippen LogP contribution < -0.4 is 11.2 Å². The largest absolute Gasteiger partial charge is 0.390 e. The van der Waals surface area contributed by atoms with Gasteiger partial charge in [0.2, 0.25) is 0 Å². The molecule has 3 heterocycles. The fourth-order valence-electron chi connectivity index (χ4n) is 4.14. The lowest BCUT2D eigenvalue weighted by Gasteiger charge is -2.35. The van der Waals surface area contributed by atoms with Crippen molar-refractivity contribution in [2.24, 2.45) is 14.1 Å². The van der Waals surface area contributed by atoms with Gasteiger partial charge in [0, 0.05) is 58.4 Å². The van der Waals surface area contributed by atoms with Gasteiger partial charge in [-0.3, -0.25) is 23.7 Å². The number of aryl methyl sites for hydroxylation is 1. The fraction of sp³-hybridized carbons (Fsp3) is 0.476. The molecule has 1 aliphatic heterocycles. The third-order valence-corrected chi connectivity index (χ3v) is 6.09. The van der Waals surface area contributed by atoms with Crippen LogP contribution in [0, 0.1) is 0 Å². The molecule has 0 spiro atoms. The molecular weight excluding hydrogens is 420 g/mol. The van der Waals surface area contributed by atoms with Crippen molar-refractivity contribution >= 4 is 22.8 Å². The van der Waals surface area contributed by atoms with Crippen LogP contribution in [-0.2, 0) is 27.2 Å². The SMILES string of the molecule is Cn1c(=O)c2c(ncn2CC(O)CN2CCN(Cc3cccc(Cl)c3)CC2)n(C)c1=O. The van der Waals surface area contributed by atoms with E-state index >= 15 is 0 Å². The Morgan fingerprint density at radius 2 is 1.77 bits per heavy atom. The normalized spacial score (nSPS) is 16.8. The van der Waals surface area contributed by atoms with Gasteiger partial charge < -0.3 is 9.67 Å². The van der Waals surface area contributed by atoms with Crippen molar-refractivity contribution in [3.05, 3.63) is 62.0 Å². The number of β-amino-alcohol motifs (C(OH)–C–C–N with tert-alkyl or cyclic N) is 1. The highest BCUT2D eigenvalue weighted by atomic mass is 35.5. The predicted octanol–water partition coefficient (Wildman–Crippen LogP) is 0.266. The number of fused-ring (bicyclic) bond motifs is 1. The van der Waals surface area contributed by atoms with Crippen molar-refractivity contribution in [3.8, 4) is 0 Å². The van der Waals surface area contributed by atoms with E-state index in [1.165, 1.54) is 23.5 Å². The van der Waals surface area contributed by atoms with Gasteiger partial charge in [0.15, 0.2) is 11.2 Å². The number of halogens is 1. The minimum atomic E-state index is -0.654. The number of rotatable bonds is 6. The van der Waals surface area contributed by atoms with Gasteiger partial charge >= 0.3 is 5.69 Å². The van der Waals surface area contributed by atoms with Crippen LogP contribution in [0.2, 0.25) is 5.02 Å². The Morgan fingerprint density at radius 3 is 2.48 bits per heavy atom. The lowest BCUT2D eigenvalue weighted by atomic mass is 10.2. The molecule has 0 amide bonds. The quantitative estimate of drug-likeness (QED) is 0.584. The molecule has 3 aromatic rings. The molecule has 0 radical (unpaired) electrons. The zero-order valence-electron chi connectivity index (χ0n) is 17.7. The molecular formula is C21H27ClN6O3. The van der Waals surface area contributed by atoms with Crippen LogP contribution in [0.25, 0.3) is 11.2 Å². The summed E-state index contributed by atoms with van der Waals surface area (Å²) in [6.45, 7) is 5.16. The van der Waals surface area contributed by atoms with E-state index in [0.29, 0.717) is 17.7 Å². The minimum absolute atomic E-state index is 0.243. The predicted molar refractivity (Wildman–Crippen MR) is 119 cm³/mol. The third kappa shape index (κ3) is 4.59. The molecule has 1 atom stereocenters. The van der Waals surface area contributed by atoms with E-state index in [2.05, 4.69) is 20.9 Å². The summed E-state index contributed by atoms with van der Waals surface area (Å²) in [6, 6.07) is 7.92. The molecule has 10 heteroatoms. The number of hydrogen-bond donors (Lipinski definition) is 1. The maximum atomic E-state index is 12.5. The Balaban J connectivity index is 1.35. The van der Waals surface area contributed by atoms with Gasteiger partial charge in [0.1, 0.15) is 0 Å². The fourth-order valence-corrected chi connectivity index (χ4v) is 4.35. The van der Waals surface area contributed by atoms with Gasteiger partial charge in [-0.15, -0.1) is 0 Å². The molecule has 1 N–H and O–H groups in total. The van der Waals surface area contributed by atoms with E-state index in [9.17, 15) is 14.7 Å². The minimum Gasteiger partial charge on any atom is -0.390 e. The lowest BCUT2D eigenvalue weighted by molar-refractivity contribution is 0.0627. The van der Waals surface area contributed by atoms with E-state index in [4.69, 9.17) is 11.6 Å². The average molecular weight is 447 g/mol. The molecule has 2 aromatic heterocycles. The first-order chi connectivity index (χ1) is 14.8. The molecule has 9 nitrogen and oxygen atoms in total. The van der Waals surface area contributed by atoms with Crippen molar-refractivity contribution in [2.75, 3.05) is 32.7 Å². The van der Waals surface area contributed by atoms with E-state index in [1.807, 2.05) is 18.2 Å². The standard InChI is InChI=1S/C21H27ClN6O3/c1-24-19-18(20(30)25(2)21(24)31)28(14-23-19)13-17(29)12-27-8-6-26(7-9-27)11-15-4-3-5-16(22)10-15/h3-5,10,14,17,29H,6-9,11-13H2,1-2H3. The van der Waals surface area contributed by atoms with Crippen LogP contribution in [0.15, 0.2) is 40.2 Å². The molecule has 0 saturated carbocycles. The number of aliphatic hydroxyl groups is 1. The van der Waals surface area contributed by atoms with Gasteiger partial charge in [-0.05, 0) is 17.7 Å². The van der Waals surface area contributed by atoms with Gasteiger partial charge in [0.25, 0.3) is 5.56 Å². The first kappa shape index (κ1) is 21.8. The summed E-state index contributed by atoms with van der Waals surface area (Å²) in [7, 11) is 3.03. The van der Waals surface area contributed by atoms with E-state index < -0.39 is 17.4 Å². The van der Waals surface area contributed by atoms with Crippen molar-refractivity contribution in [2.45, 2.75) is 19.2 Å². The second-order valence-corrected chi connectivity index (χ2v) is 8.57. The van der Waals surface area contributed by atoms with Crippen LogP contribution in [-0.4, -0.2) is 72.4 Å². The Kier molecular flexibility index (Phi) is 6.29. The summed E-state index contributed by atoms with van der Waals surface area (Å²) in [5, 5.41) is 11.4. The average Bonchev–Trinajstić information content (AvgIpc) is 3.15. The highest BCUT2D eigenvalue weighted by molar-refractivity contribution is 6.30. The van der Waals surface area contributed by atoms with Gasteiger partial charge in [-0.2, -0.15) is 0 Å². The molecule has 166 valence electrons. The maximum Gasteiger partial charge on any atom is 0.332 e. The molecule has 0 bridgehead atoms. The third-order valence-electron chi connectivity index (χ3n) is 5.85. The number of imidazole rings is 1. The topological polar surface area (TPSA) is 88.5 Å². The van der Waals surface area contributed by atoms with Crippen molar-refractivity contribution in [1.29, 1.82) is 0 Å². The Hall–Kier alpha value is -2.46. The first-order valence-electron chi connectivity index (χ1n) is 10.3. The summed E-state index contributed by atoms with van der Waals surface area (Å²) in [5.74, 6) is 0. The molecule has 4 rings (SSSR count). The number of benzene rings is 1. The number of piperazine rings is 1. The molecule has 1 aliphatic rings. The highest BCUT2D eigenvalue weighted by Gasteiger charge is 2.21. The Morgan fingerprint density at radius 1 is 1.06 bits per heavy atom. The van der Waals surface area contributed by atoms with E-state index in [1.54, 1.807) is 11.6 Å². The number of aliphatic hydroxyl groups excluding tert-OH is 1. The van der Waals surface area contributed by atoms with Gasteiger partial charge in [0.05, 0.1) is 19.0 Å². The smallest absolute Gasteiger partial charge is 0.332 e. The molecule has 1 saturated heterocycles. The molecule has 1 fully saturated rings. The molecule has 1 aromatic carbocycles. The summed E-state index contributed by atoms with van der Waals surface area (Å²) in [4.78, 5) is 33.4. The van der Waals surface area contributed by atoms with Gasteiger partial charge in [-0.1, -0.05) is 23.7 Å². The zero-order chi connectivity index (χ0) is 22.1. The second-order valence-electron chi connectivity index (χ2n) is 8.14. The van der Waals surface area contributed by atoms with Crippen LogP contribution in [0.4, 0.5) is 0 Å². The Labute approximate surface area is 184 Å². The molecule has 0 aliphatic carbocycles. The van der Waals surface area contributed by atoms with Crippen molar-refractivity contribution < 1.29 is 5.11 Å². The summed E-state index contributed by atoms with van der Waals surface area (Å²) in [6.07, 6.45) is 0.858. The molecule has 31 heavy (non-hydrogen) atoms. The summed E-state index contributed by atoms with van der Waals surface area (Å²) < 4.78 is 4.04. The van der Waals surface area contributed by atoms with Crippen LogP contribution in [0.3, 0.4) is 0 Å². The summed E-state index contributed by atoms with van der Waals surface area (Å²) in [5.41, 5.74) is 1.03. The number of hydrogen-bond acceptors (Lipinski definition) is 6. The second kappa shape index (κ2) is 8.96. The van der Waals surface area contributed by atoms with Crippen LogP contribution in [0.5, 0.6) is 0 Å². The zero-order valence-corrected chi connectivity index (χ0v) is 18.5. The monoisotopic (exact) mass is 446 g/mol. The maximum absolute atomic E-state index is 12.5. The highest BCUT2D eigenvalue weighted by Crippen LogP contribution is 2.14. The molecule has 1 unspecified atom stereocenters. The van der Waals surface area contributed by atoms with Crippen LogP contribution >= 0.6 is 11.6 Å². The number of nitrogens with zero attached hydrogens (tertiary/aromatic N) is 6. The summed E-state index contributed by atoms with van der Waals surface area (Å²) >= 11 is 6.07. The van der Waals surface area contributed by atoms with E-state index in [0.717, 1.165) is 42.3 Å².